The Morgan fingerprint density at radius 1 is 1.19 bits per heavy atom. The molecular formula is C19H27NS. The summed E-state index contributed by atoms with van der Waals surface area (Å²) in [7, 11) is 0. The van der Waals surface area contributed by atoms with Gasteiger partial charge in [0.15, 0.2) is 0 Å². The van der Waals surface area contributed by atoms with Crippen molar-refractivity contribution in [1.29, 1.82) is 0 Å². The number of hydrogen-bond acceptors (Lipinski definition) is 2. The van der Waals surface area contributed by atoms with Gasteiger partial charge in [-0.05, 0) is 49.7 Å². The fourth-order valence-electron chi connectivity index (χ4n) is 3.68. The van der Waals surface area contributed by atoms with Crippen LogP contribution in [0.25, 0.3) is 10.1 Å². The van der Waals surface area contributed by atoms with Crippen molar-refractivity contribution in [2.24, 2.45) is 5.92 Å². The van der Waals surface area contributed by atoms with Gasteiger partial charge in [0.2, 0.25) is 0 Å². The van der Waals surface area contributed by atoms with Crippen LogP contribution in [0.2, 0.25) is 0 Å². The highest BCUT2D eigenvalue weighted by atomic mass is 32.1. The molecule has 0 saturated heterocycles. The quantitative estimate of drug-likeness (QED) is 0.732. The number of benzene rings is 1. The summed E-state index contributed by atoms with van der Waals surface area (Å²) in [5, 5.41) is 5.19. The predicted molar refractivity (Wildman–Crippen MR) is 94.2 cm³/mol. The van der Waals surface area contributed by atoms with E-state index >= 15 is 0 Å². The van der Waals surface area contributed by atoms with Gasteiger partial charge in [-0.25, -0.2) is 0 Å². The van der Waals surface area contributed by atoms with Crippen LogP contribution in [-0.2, 0) is 0 Å². The molecular weight excluding hydrogens is 274 g/mol. The summed E-state index contributed by atoms with van der Waals surface area (Å²) in [6.07, 6.45) is 8.64. The van der Waals surface area contributed by atoms with Crippen molar-refractivity contribution >= 4 is 21.4 Å². The first kappa shape index (κ1) is 15.1. The average Bonchev–Trinajstić information content (AvgIpc) is 2.86. The molecule has 1 heterocycles. The summed E-state index contributed by atoms with van der Waals surface area (Å²) >= 11 is 1.96. The number of aryl methyl sites for hydroxylation is 1. The van der Waals surface area contributed by atoms with Crippen LogP contribution in [0.4, 0.5) is 0 Å². The highest BCUT2D eigenvalue weighted by Crippen LogP contribution is 2.34. The second-order valence-electron chi connectivity index (χ2n) is 6.56. The SMILES string of the molecule is Cc1c(C(C)NCCC2CCCCC2)sc2ccccc12. The van der Waals surface area contributed by atoms with Gasteiger partial charge in [0.05, 0.1) is 0 Å². The molecule has 1 nitrogen and oxygen atoms in total. The zero-order chi connectivity index (χ0) is 14.7. The molecule has 1 N–H and O–H groups in total. The maximum absolute atomic E-state index is 3.76. The summed E-state index contributed by atoms with van der Waals surface area (Å²) in [6.45, 7) is 5.76. The molecule has 1 saturated carbocycles. The van der Waals surface area contributed by atoms with Gasteiger partial charge in [-0.15, -0.1) is 11.3 Å². The van der Waals surface area contributed by atoms with Crippen molar-refractivity contribution in [2.75, 3.05) is 6.54 Å². The molecule has 2 aromatic rings. The van der Waals surface area contributed by atoms with E-state index < -0.39 is 0 Å². The second-order valence-corrected chi connectivity index (χ2v) is 7.64. The number of hydrogen-bond donors (Lipinski definition) is 1. The lowest BCUT2D eigenvalue weighted by molar-refractivity contribution is 0.330. The number of rotatable bonds is 5. The molecule has 21 heavy (non-hydrogen) atoms. The van der Waals surface area contributed by atoms with Crippen LogP contribution in [0.3, 0.4) is 0 Å². The first-order valence-corrected chi connectivity index (χ1v) is 9.29. The standard InChI is InChI=1S/C19H27NS/c1-14-17-10-6-7-11-18(17)21-19(14)15(2)20-13-12-16-8-4-3-5-9-16/h6-7,10-11,15-16,20H,3-5,8-9,12-13H2,1-2H3. The van der Waals surface area contributed by atoms with E-state index in [4.69, 9.17) is 0 Å². The third-order valence-electron chi connectivity index (χ3n) is 5.00. The summed E-state index contributed by atoms with van der Waals surface area (Å²) in [5.41, 5.74) is 1.47. The molecule has 0 spiro atoms. The summed E-state index contributed by atoms with van der Waals surface area (Å²) in [4.78, 5) is 1.51. The Morgan fingerprint density at radius 2 is 1.95 bits per heavy atom. The third-order valence-corrected chi connectivity index (χ3v) is 6.46. The number of fused-ring (bicyclic) bond motifs is 1. The first-order valence-electron chi connectivity index (χ1n) is 8.47. The lowest BCUT2D eigenvalue weighted by atomic mass is 9.87. The van der Waals surface area contributed by atoms with Gasteiger partial charge in [0, 0.05) is 15.6 Å². The summed E-state index contributed by atoms with van der Waals surface area (Å²) in [6, 6.07) is 9.26. The molecule has 1 aliphatic rings. The first-order chi connectivity index (χ1) is 10.3. The molecule has 1 aromatic carbocycles. The lowest BCUT2D eigenvalue weighted by Gasteiger charge is -2.22. The number of thiophene rings is 1. The smallest absolute Gasteiger partial charge is 0.0389 e. The van der Waals surface area contributed by atoms with Gasteiger partial charge in [-0.3, -0.25) is 0 Å². The van der Waals surface area contributed by atoms with Crippen LogP contribution in [0, 0.1) is 12.8 Å². The monoisotopic (exact) mass is 301 g/mol. The topological polar surface area (TPSA) is 12.0 Å². The van der Waals surface area contributed by atoms with Crippen LogP contribution < -0.4 is 5.32 Å². The fourth-order valence-corrected chi connectivity index (χ4v) is 4.92. The van der Waals surface area contributed by atoms with Crippen LogP contribution in [-0.4, -0.2) is 6.54 Å². The lowest BCUT2D eigenvalue weighted by Crippen LogP contribution is -2.22. The Balaban J connectivity index is 1.58. The van der Waals surface area contributed by atoms with Crippen LogP contribution >= 0.6 is 11.3 Å². The maximum Gasteiger partial charge on any atom is 0.0389 e. The molecule has 0 amide bonds. The molecule has 0 aliphatic heterocycles. The molecule has 3 rings (SSSR count). The van der Waals surface area contributed by atoms with E-state index in [2.05, 4.69) is 43.4 Å². The Bertz CT molecular complexity index is 580. The van der Waals surface area contributed by atoms with Gasteiger partial charge in [0.1, 0.15) is 0 Å². The Labute approximate surface area is 132 Å². The molecule has 1 fully saturated rings. The molecule has 0 radical (unpaired) electrons. The minimum atomic E-state index is 0.478. The van der Waals surface area contributed by atoms with Gasteiger partial charge in [0.25, 0.3) is 0 Å². The van der Waals surface area contributed by atoms with E-state index in [-0.39, 0.29) is 0 Å². The van der Waals surface area contributed by atoms with Crippen molar-refractivity contribution in [3.63, 3.8) is 0 Å². The number of nitrogens with one attached hydrogen (secondary N) is 1. The zero-order valence-electron chi connectivity index (χ0n) is 13.3. The zero-order valence-corrected chi connectivity index (χ0v) is 14.1. The highest BCUT2D eigenvalue weighted by molar-refractivity contribution is 7.19. The van der Waals surface area contributed by atoms with E-state index in [1.807, 2.05) is 11.3 Å². The largest absolute Gasteiger partial charge is 0.309 e. The van der Waals surface area contributed by atoms with Crippen LogP contribution in [0.15, 0.2) is 24.3 Å². The van der Waals surface area contributed by atoms with Crippen molar-refractivity contribution in [1.82, 2.24) is 5.32 Å². The van der Waals surface area contributed by atoms with Crippen LogP contribution in [0.5, 0.6) is 0 Å². The summed E-state index contributed by atoms with van der Waals surface area (Å²) < 4.78 is 1.42. The normalized spacial score (nSPS) is 18.2. The molecule has 1 atom stereocenters. The van der Waals surface area contributed by atoms with E-state index in [0.717, 1.165) is 5.92 Å². The summed E-state index contributed by atoms with van der Waals surface area (Å²) in [5.74, 6) is 0.974. The fraction of sp³-hybridized carbons (Fsp3) is 0.579. The van der Waals surface area contributed by atoms with Gasteiger partial charge < -0.3 is 5.32 Å². The third kappa shape index (κ3) is 3.49. The average molecular weight is 301 g/mol. The van der Waals surface area contributed by atoms with Crippen molar-refractivity contribution in [3.05, 3.63) is 34.7 Å². The molecule has 0 bridgehead atoms. The molecule has 1 aromatic heterocycles. The molecule has 1 unspecified atom stereocenters. The molecule has 2 heteroatoms. The van der Waals surface area contributed by atoms with Crippen molar-refractivity contribution < 1.29 is 0 Å². The second kappa shape index (κ2) is 6.93. The Morgan fingerprint density at radius 3 is 2.71 bits per heavy atom. The van der Waals surface area contributed by atoms with Gasteiger partial charge >= 0.3 is 0 Å². The van der Waals surface area contributed by atoms with E-state index in [1.165, 1.54) is 65.6 Å². The highest BCUT2D eigenvalue weighted by Gasteiger charge is 2.16. The van der Waals surface area contributed by atoms with E-state index in [0.29, 0.717) is 6.04 Å². The van der Waals surface area contributed by atoms with Gasteiger partial charge in [-0.1, -0.05) is 50.3 Å². The Hall–Kier alpha value is -0.860. The molecule has 114 valence electrons. The van der Waals surface area contributed by atoms with Gasteiger partial charge in [-0.2, -0.15) is 0 Å². The van der Waals surface area contributed by atoms with Crippen molar-refractivity contribution in [2.45, 2.75) is 58.4 Å². The predicted octanol–water partition coefficient (Wildman–Crippen LogP) is 5.83. The maximum atomic E-state index is 3.76. The van der Waals surface area contributed by atoms with Crippen molar-refractivity contribution in [3.8, 4) is 0 Å². The Kier molecular flexibility index (Phi) is 4.97. The van der Waals surface area contributed by atoms with E-state index in [9.17, 15) is 0 Å². The minimum absolute atomic E-state index is 0.478. The molecule has 1 aliphatic carbocycles. The minimum Gasteiger partial charge on any atom is -0.309 e. The van der Waals surface area contributed by atoms with E-state index in [1.54, 1.807) is 0 Å². The van der Waals surface area contributed by atoms with Crippen LogP contribution in [0.1, 0.15) is 61.9 Å².